The largest absolute Gasteiger partial charge is 0.390 e. The number of hydrogen-bond acceptors (Lipinski definition) is 2. The first kappa shape index (κ1) is 8.40. The molecule has 0 aliphatic carbocycles. The van der Waals surface area contributed by atoms with Crippen molar-refractivity contribution in [2.24, 2.45) is 0 Å². The van der Waals surface area contributed by atoms with Crippen LogP contribution in [-0.4, -0.2) is 20.8 Å². The zero-order valence-corrected chi connectivity index (χ0v) is 6.64. The van der Waals surface area contributed by atoms with Gasteiger partial charge in [0.05, 0.1) is 5.60 Å². The highest BCUT2D eigenvalue weighted by Gasteiger charge is 2.15. The fraction of sp³-hybridized carbons (Fsp3) is 1.00. The van der Waals surface area contributed by atoms with Crippen molar-refractivity contribution >= 4 is 15.9 Å². The van der Waals surface area contributed by atoms with Crippen LogP contribution in [0.2, 0.25) is 0 Å². The Balaban J connectivity index is 3.39. The summed E-state index contributed by atoms with van der Waals surface area (Å²) in [5.74, 6) is 0. The lowest BCUT2D eigenvalue weighted by molar-refractivity contribution is 0.0450. The first-order valence-corrected chi connectivity index (χ1v) is 3.38. The van der Waals surface area contributed by atoms with Crippen LogP contribution in [0.1, 0.15) is 20.3 Å². The highest BCUT2D eigenvalue weighted by molar-refractivity contribution is 9.09. The summed E-state index contributed by atoms with van der Waals surface area (Å²) in [5.41, 5.74) is -0.775. The second kappa shape index (κ2) is 2.80. The van der Waals surface area contributed by atoms with E-state index in [0.29, 0.717) is 6.42 Å². The Bertz CT molecular complexity index is 65.3. The molecular weight excluding hydrogens is 172 g/mol. The van der Waals surface area contributed by atoms with Gasteiger partial charge in [0.25, 0.3) is 0 Å². The molecule has 0 heterocycles. The van der Waals surface area contributed by atoms with Crippen LogP contribution < -0.4 is 0 Å². The third-order valence-corrected chi connectivity index (χ3v) is 0.992. The Morgan fingerprint density at radius 3 is 2.00 bits per heavy atom. The molecule has 0 amide bonds. The lowest BCUT2D eigenvalue weighted by atomic mass is 10.1. The number of aliphatic hydroxyl groups is 2. The highest BCUT2D eigenvalue weighted by Crippen LogP contribution is 2.13. The van der Waals surface area contributed by atoms with Gasteiger partial charge in [-0.2, -0.15) is 0 Å². The standard InChI is InChI=1S/C5H11BrO2/c1-5(2,8)3-4(6)7/h4,7-8H,3H2,1-2H3. The van der Waals surface area contributed by atoms with Gasteiger partial charge in [-0.1, -0.05) is 15.9 Å². The summed E-state index contributed by atoms with van der Waals surface area (Å²) in [6.07, 6.45) is 0.354. The van der Waals surface area contributed by atoms with Crippen molar-refractivity contribution < 1.29 is 10.2 Å². The highest BCUT2D eigenvalue weighted by atomic mass is 79.9. The molecule has 0 aliphatic rings. The zero-order chi connectivity index (χ0) is 6.78. The van der Waals surface area contributed by atoms with E-state index in [1.807, 2.05) is 0 Å². The first-order valence-electron chi connectivity index (χ1n) is 2.46. The molecule has 2 nitrogen and oxygen atoms in total. The summed E-state index contributed by atoms with van der Waals surface area (Å²) in [6, 6.07) is 0. The van der Waals surface area contributed by atoms with Gasteiger partial charge in [0.1, 0.15) is 5.01 Å². The summed E-state index contributed by atoms with van der Waals surface area (Å²) < 4.78 is 0. The van der Waals surface area contributed by atoms with E-state index < -0.39 is 10.6 Å². The zero-order valence-electron chi connectivity index (χ0n) is 5.06. The Morgan fingerprint density at radius 1 is 1.62 bits per heavy atom. The molecule has 50 valence electrons. The summed E-state index contributed by atoms with van der Waals surface area (Å²) in [7, 11) is 0. The maximum Gasteiger partial charge on any atom is 0.111 e. The molecular formula is C5H11BrO2. The minimum absolute atomic E-state index is 0.354. The van der Waals surface area contributed by atoms with Crippen LogP contribution in [0.4, 0.5) is 0 Å². The Morgan fingerprint density at radius 2 is 2.00 bits per heavy atom. The fourth-order valence-electron chi connectivity index (χ4n) is 0.412. The monoisotopic (exact) mass is 182 g/mol. The lowest BCUT2D eigenvalue weighted by Gasteiger charge is -2.17. The fourth-order valence-corrected chi connectivity index (χ4v) is 1.20. The summed E-state index contributed by atoms with van der Waals surface area (Å²) in [6.45, 7) is 3.30. The number of alkyl halides is 1. The average Bonchev–Trinajstić information content (AvgIpc) is 1.21. The molecule has 0 aromatic heterocycles. The predicted molar refractivity (Wildman–Crippen MR) is 35.8 cm³/mol. The molecule has 3 heteroatoms. The van der Waals surface area contributed by atoms with Gasteiger partial charge >= 0.3 is 0 Å². The number of hydrogen-bond donors (Lipinski definition) is 2. The first-order chi connectivity index (χ1) is 3.42. The van der Waals surface area contributed by atoms with Crippen molar-refractivity contribution in [2.45, 2.75) is 30.9 Å². The smallest absolute Gasteiger partial charge is 0.111 e. The van der Waals surface area contributed by atoms with Crippen LogP contribution in [0.15, 0.2) is 0 Å². The molecule has 0 rings (SSSR count). The third kappa shape index (κ3) is 6.40. The minimum Gasteiger partial charge on any atom is -0.390 e. The van der Waals surface area contributed by atoms with Gasteiger partial charge in [0.2, 0.25) is 0 Å². The third-order valence-electron chi connectivity index (χ3n) is 0.668. The average molecular weight is 183 g/mol. The Kier molecular flexibility index (Phi) is 2.94. The molecule has 0 aromatic carbocycles. The van der Waals surface area contributed by atoms with Crippen LogP contribution in [0.3, 0.4) is 0 Å². The van der Waals surface area contributed by atoms with Gasteiger partial charge in [-0.25, -0.2) is 0 Å². The second-order valence-corrected chi connectivity index (χ2v) is 3.51. The van der Waals surface area contributed by atoms with Crippen molar-refractivity contribution in [2.75, 3.05) is 0 Å². The van der Waals surface area contributed by atoms with Crippen LogP contribution in [-0.2, 0) is 0 Å². The molecule has 0 fully saturated rings. The topological polar surface area (TPSA) is 40.5 Å². The van der Waals surface area contributed by atoms with Gasteiger partial charge in [-0.05, 0) is 13.8 Å². The molecule has 0 saturated carbocycles. The van der Waals surface area contributed by atoms with E-state index >= 15 is 0 Å². The van der Waals surface area contributed by atoms with Crippen molar-refractivity contribution in [1.29, 1.82) is 0 Å². The number of halogens is 1. The van der Waals surface area contributed by atoms with Gasteiger partial charge in [0, 0.05) is 6.42 Å². The van der Waals surface area contributed by atoms with E-state index in [0.717, 1.165) is 0 Å². The molecule has 1 unspecified atom stereocenters. The Hall–Kier alpha value is 0.400. The van der Waals surface area contributed by atoms with E-state index in [-0.39, 0.29) is 0 Å². The molecule has 1 atom stereocenters. The van der Waals surface area contributed by atoms with Crippen LogP contribution in [0, 0.1) is 0 Å². The summed E-state index contributed by atoms with van der Waals surface area (Å²) in [4.78, 5) is 0. The lowest BCUT2D eigenvalue weighted by Crippen LogP contribution is -2.22. The van der Waals surface area contributed by atoms with Gasteiger partial charge < -0.3 is 10.2 Å². The maximum absolute atomic E-state index is 9.00. The molecule has 0 aliphatic heterocycles. The van der Waals surface area contributed by atoms with Crippen LogP contribution in [0.25, 0.3) is 0 Å². The normalized spacial score (nSPS) is 16.1. The summed E-state index contributed by atoms with van der Waals surface area (Å²) >= 11 is 2.91. The maximum atomic E-state index is 9.00. The van der Waals surface area contributed by atoms with E-state index in [2.05, 4.69) is 15.9 Å². The SMILES string of the molecule is CC(C)(O)CC(O)Br. The van der Waals surface area contributed by atoms with Crippen LogP contribution in [0.5, 0.6) is 0 Å². The van der Waals surface area contributed by atoms with Crippen molar-refractivity contribution in [3.8, 4) is 0 Å². The molecule has 0 saturated heterocycles. The number of aliphatic hydroxyl groups excluding tert-OH is 1. The Labute approximate surface area is 57.7 Å². The van der Waals surface area contributed by atoms with Crippen molar-refractivity contribution in [3.05, 3.63) is 0 Å². The molecule has 2 N–H and O–H groups in total. The predicted octanol–water partition coefficient (Wildman–Crippen LogP) is 0.861. The number of rotatable bonds is 2. The molecule has 8 heavy (non-hydrogen) atoms. The van der Waals surface area contributed by atoms with Crippen molar-refractivity contribution in [1.82, 2.24) is 0 Å². The second-order valence-electron chi connectivity index (χ2n) is 2.45. The molecule has 0 radical (unpaired) electrons. The quantitative estimate of drug-likeness (QED) is 0.623. The summed E-state index contributed by atoms with van der Waals surface area (Å²) in [5, 5.41) is 17.0. The van der Waals surface area contributed by atoms with Gasteiger partial charge in [-0.15, -0.1) is 0 Å². The molecule has 0 aromatic rings. The van der Waals surface area contributed by atoms with E-state index in [9.17, 15) is 0 Å². The van der Waals surface area contributed by atoms with Gasteiger partial charge in [0.15, 0.2) is 0 Å². The van der Waals surface area contributed by atoms with E-state index in [4.69, 9.17) is 10.2 Å². The van der Waals surface area contributed by atoms with Crippen LogP contribution >= 0.6 is 15.9 Å². The van der Waals surface area contributed by atoms with E-state index in [1.165, 1.54) is 0 Å². The minimum atomic E-state index is -0.775. The van der Waals surface area contributed by atoms with E-state index in [1.54, 1.807) is 13.8 Å². The van der Waals surface area contributed by atoms with Crippen molar-refractivity contribution in [3.63, 3.8) is 0 Å². The molecule has 0 bridgehead atoms. The van der Waals surface area contributed by atoms with Gasteiger partial charge in [-0.3, -0.25) is 0 Å². The molecule has 0 spiro atoms.